The molecular formula is C4H12O4Rh. The molecule has 0 heterocycles. The summed E-state index contributed by atoms with van der Waals surface area (Å²) in [6, 6.07) is 0. The molecule has 0 aromatic rings. The summed E-state index contributed by atoms with van der Waals surface area (Å²) in [6.45, 7) is 4.17. The second-order valence-corrected chi connectivity index (χ2v) is 0.836. The summed E-state index contributed by atoms with van der Waals surface area (Å²) in [5, 5.41) is 14.8. The van der Waals surface area contributed by atoms with E-state index in [0.29, 0.717) is 13.2 Å². The van der Waals surface area contributed by atoms with Crippen molar-refractivity contribution in [2.45, 2.75) is 13.8 Å². The summed E-state index contributed by atoms with van der Waals surface area (Å²) in [7, 11) is 0. The van der Waals surface area contributed by atoms with Gasteiger partial charge in [0.15, 0.2) is 0 Å². The van der Waals surface area contributed by atoms with Crippen LogP contribution in [0.3, 0.4) is 0 Å². The van der Waals surface area contributed by atoms with Crippen LogP contribution in [-0.4, -0.2) is 23.7 Å². The first-order valence-electron chi connectivity index (χ1n) is 2.36. The van der Waals surface area contributed by atoms with Crippen molar-refractivity contribution in [2.75, 3.05) is 13.2 Å². The van der Waals surface area contributed by atoms with Crippen LogP contribution in [-0.2, 0) is 29.3 Å². The van der Waals surface area contributed by atoms with Gasteiger partial charge in [0.1, 0.15) is 0 Å². The summed E-state index contributed by atoms with van der Waals surface area (Å²) in [5.74, 6) is 0. The average molecular weight is 227 g/mol. The summed E-state index contributed by atoms with van der Waals surface area (Å²) in [5.41, 5.74) is 0. The first-order valence-corrected chi connectivity index (χ1v) is 2.36. The quantitative estimate of drug-likeness (QED) is 0.419. The smallest absolute Gasteiger partial charge is 0.0791 e. The monoisotopic (exact) mass is 227 g/mol. The molecule has 5 heteroatoms. The van der Waals surface area contributed by atoms with Crippen LogP contribution >= 0.6 is 0 Å². The summed E-state index contributed by atoms with van der Waals surface area (Å²) < 4.78 is 0. The van der Waals surface area contributed by atoms with Crippen molar-refractivity contribution in [1.29, 1.82) is 0 Å². The minimum absolute atomic E-state index is 0. The Bertz CT molecular complexity index is 20.5. The first kappa shape index (κ1) is 16.2. The van der Waals surface area contributed by atoms with E-state index in [-0.39, 0.29) is 19.5 Å². The van der Waals surface area contributed by atoms with Crippen molar-refractivity contribution in [3.63, 3.8) is 0 Å². The fraction of sp³-hybridized carbons (Fsp3) is 1.00. The van der Waals surface area contributed by atoms with E-state index < -0.39 is 0 Å². The molecule has 0 amide bonds. The molecule has 0 aliphatic rings. The van der Waals surface area contributed by atoms with Crippen LogP contribution in [0.25, 0.3) is 0 Å². The Morgan fingerprint density at radius 3 is 1.11 bits per heavy atom. The Kier molecular flexibility index (Phi) is 42.7. The maximum Gasteiger partial charge on any atom is 0.0791 e. The molecule has 2 N–H and O–H groups in total. The van der Waals surface area contributed by atoms with Gasteiger partial charge in [-0.05, 0) is 13.8 Å². The van der Waals surface area contributed by atoms with Gasteiger partial charge in [-0.25, -0.2) is 9.78 Å². The molecule has 0 aromatic carbocycles. The standard InChI is InChI=1S/2C2H6O2.Rh/c2*1-2-4-3;/h2*3H,2H2,1H3;. The fourth-order valence-corrected chi connectivity index (χ4v) is 0. The van der Waals surface area contributed by atoms with E-state index in [1.807, 2.05) is 0 Å². The molecule has 0 unspecified atom stereocenters. The fourth-order valence-electron chi connectivity index (χ4n) is 0. The van der Waals surface area contributed by atoms with Gasteiger partial charge in [-0.2, -0.15) is 0 Å². The molecule has 0 saturated carbocycles. The molecule has 0 rings (SSSR count). The van der Waals surface area contributed by atoms with E-state index >= 15 is 0 Å². The Labute approximate surface area is 67.4 Å². The second-order valence-electron chi connectivity index (χ2n) is 0.836. The maximum absolute atomic E-state index is 7.38. The van der Waals surface area contributed by atoms with Crippen molar-refractivity contribution in [3.8, 4) is 0 Å². The van der Waals surface area contributed by atoms with Crippen molar-refractivity contribution < 1.29 is 39.8 Å². The first-order chi connectivity index (χ1) is 3.83. The van der Waals surface area contributed by atoms with Crippen molar-refractivity contribution >= 4 is 0 Å². The average Bonchev–Trinajstić information content (AvgIpc) is 1.88. The van der Waals surface area contributed by atoms with E-state index in [2.05, 4.69) is 9.78 Å². The molecule has 0 aliphatic carbocycles. The molecule has 9 heavy (non-hydrogen) atoms. The molecule has 4 nitrogen and oxygen atoms in total. The molecule has 0 fully saturated rings. The van der Waals surface area contributed by atoms with Gasteiger partial charge < -0.3 is 0 Å². The van der Waals surface area contributed by atoms with Gasteiger partial charge in [0.25, 0.3) is 0 Å². The Morgan fingerprint density at radius 2 is 1.11 bits per heavy atom. The van der Waals surface area contributed by atoms with Crippen LogP contribution in [0.4, 0.5) is 0 Å². The Morgan fingerprint density at radius 1 is 1.00 bits per heavy atom. The van der Waals surface area contributed by atoms with Gasteiger partial charge in [-0.1, -0.05) is 0 Å². The SMILES string of the molecule is CCOO.CCOO.[Rh]. The summed E-state index contributed by atoms with van der Waals surface area (Å²) >= 11 is 0. The molecular weight excluding hydrogens is 215 g/mol. The van der Waals surface area contributed by atoms with Gasteiger partial charge in [0, 0.05) is 19.5 Å². The Balaban J connectivity index is -0.0000000720. The van der Waals surface area contributed by atoms with Gasteiger partial charge in [0.05, 0.1) is 13.2 Å². The molecule has 1 radical (unpaired) electrons. The van der Waals surface area contributed by atoms with Crippen molar-refractivity contribution in [2.24, 2.45) is 0 Å². The van der Waals surface area contributed by atoms with Crippen LogP contribution in [0.1, 0.15) is 13.8 Å². The molecule has 0 spiro atoms. The van der Waals surface area contributed by atoms with Crippen LogP contribution in [0.5, 0.6) is 0 Å². The van der Waals surface area contributed by atoms with E-state index in [1.54, 1.807) is 13.8 Å². The van der Waals surface area contributed by atoms with E-state index in [9.17, 15) is 0 Å². The largest absolute Gasteiger partial charge is 0.252 e. The zero-order valence-corrected chi connectivity index (χ0v) is 7.10. The minimum atomic E-state index is 0. The van der Waals surface area contributed by atoms with Crippen LogP contribution in [0, 0.1) is 0 Å². The van der Waals surface area contributed by atoms with Crippen LogP contribution in [0.2, 0.25) is 0 Å². The van der Waals surface area contributed by atoms with Gasteiger partial charge in [0.2, 0.25) is 0 Å². The second kappa shape index (κ2) is 23.7. The zero-order chi connectivity index (χ0) is 6.83. The third-order valence-electron chi connectivity index (χ3n) is 0.258. The maximum atomic E-state index is 7.38. The Hall–Kier alpha value is 0.463. The predicted molar refractivity (Wildman–Crippen MR) is 28.5 cm³/mol. The van der Waals surface area contributed by atoms with E-state index in [1.165, 1.54) is 0 Å². The molecule has 0 aromatic heterocycles. The minimum Gasteiger partial charge on any atom is -0.252 e. The van der Waals surface area contributed by atoms with Crippen molar-refractivity contribution in [1.82, 2.24) is 0 Å². The van der Waals surface area contributed by atoms with Gasteiger partial charge in [-0.3, -0.25) is 10.5 Å². The van der Waals surface area contributed by atoms with Crippen LogP contribution < -0.4 is 0 Å². The summed E-state index contributed by atoms with van der Waals surface area (Å²) in [4.78, 5) is 7.08. The molecule has 0 aliphatic heterocycles. The van der Waals surface area contributed by atoms with E-state index in [0.717, 1.165) is 0 Å². The van der Waals surface area contributed by atoms with Crippen LogP contribution in [0.15, 0.2) is 0 Å². The predicted octanol–water partition coefficient (Wildman–Crippen LogP) is 0.989. The van der Waals surface area contributed by atoms with Gasteiger partial charge >= 0.3 is 0 Å². The number of rotatable bonds is 2. The molecule has 0 saturated heterocycles. The third-order valence-corrected chi connectivity index (χ3v) is 0.258. The van der Waals surface area contributed by atoms with Gasteiger partial charge in [-0.15, -0.1) is 0 Å². The molecule has 0 bridgehead atoms. The summed E-state index contributed by atoms with van der Waals surface area (Å²) in [6.07, 6.45) is 0. The van der Waals surface area contributed by atoms with Crippen molar-refractivity contribution in [3.05, 3.63) is 0 Å². The third kappa shape index (κ3) is 58.3. The molecule has 61 valence electrons. The molecule has 0 atom stereocenters. The number of hydrogen-bond acceptors (Lipinski definition) is 4. The van der Waals surface area contributed by atoms with E-state index in [4.69, 9.17) is 10.5 Å². The zero-order valence-electron chi connectivity index (χ0n) is 5.46. The normalized spacial score (nSPS) is 6.67. The number of hydrogen-bond donors (Lipinski definition) is 2. The topological polar surface area (TPSA) is 58.9 Å².